The van der Waals surface area contributed by atoms with E-state index in [1.54, 1.807) is 0 Å². The van der Waals surface area contributed by atoms with Gasteiger partial charge in [-0.3, -0.25) is 9.59 Å². The highest BCUT2D eigenvalue weighted by Crippen LogP contribution is 2.30. The van der Waals surface area contributed by atoms with Crippen molar-refractivity contribution in [3.8, 4) is 0 Å². The summed E-state index contributed by atoms with van der Waals surface area (Å²) in [4.78, 5) is 27.8. The van der Waals surface area contributed by atoms with Crippen LogP contribution in [0.15, 0.2) is 12.1 Å². The molecule has 0 radical (unpaired) electrons. The Morgan fingerprint density at radius 2 is 1.62 bits per heavy atom. The van der Waals surface area contributed by atoms with E-state index < -0.39 is 0 Å². The Hall–Kier alpha value is -1.68. The van der Waals surface area contributed by atoms with Crippen LogP contribution in [0.1, 0.15) is 37.0 Å². The number of rotatable bonds is 4. The minimum absolute atomic E-state index is 0.0475. The monoisotopic (exact) mass is 289 g/mol. The summed E-state index contributed by atoms with van der Waals surface area (Å²) >= 11 is 0. The number of aryl methyl sites for hydroxylation is 3. The molecule has 0 saturated carbocycles. The summed E-state index contributed by atoms with van der Waals surface area (Å²) < 4.78 is 0. The molecule has 1 atom stereocenters. The van der Waals surface area contributed by atoms with Gasteiger partial charge in [0.1, 0.15) is 0 Å². The highest BCUT2D eigenvalue weighted by Gasteiger charge is 2.45. The summed E-state index contributed by atoms with van der Waals surface area (Å²) in [5.41, 5.74) is 3.91. The van der Waals surface area contributed by atoms with E-state index in [-0.39, 0.29) is 17.9 Å². The minimum Gasteiger partial charge on any atom is -0.325 e. The van der Waals surface area contributed by atoms with Crippen molar-refractivity contribution >= 4 is 17.5 Å². The molecule has 1 aromatic carbocycles. The number of anilines is 1. The van der Waals surface area contributed by atoms with Gasteiger partial charge >= 0.3 is 0 Å². The van der Waals surface area contributed by atoms with Crippen LogP contribution in [0.25, 0.3) is 0 Å². The van der Waals surface area contributed by atoms with Crippen molar-refractivity contribution in [2.75, 3.05) is 18.0 Å². The predicted octanol–water partition coefficient (Wildman–Crippen LogP) is 1.17. The van der Waals surface area contributed by atoms with E-state index in [0.29, 0.717) is 6.42 Å². The van der Waals surface area contributed by atoms with Gasteiger partial charge in [-0.1, -0.05) is 17.7 Å². The van der Waals surface area contributed by atoms with E-state index in [1.165, 1.54) is 9.80 Å². The lowest BCUT2D eigenvalue weighted by Gasteiger charge is -2.23. The molecule has 0 spiro atoms. The number of quaternary nitrogens is 1. The molecular formula is C17H25N2O2+. The SMILES string of the molecule is CC[NH+](CC)[C@@H]1CC(=O)N(c2c(C)cc(C)cc2C)C1=O. The van der Waals surface area contributed by atoms with Crippen LogP contribution in [0, 0.1) is 20.8 Å². The first-order valence-corrected chi connectivity index (χ1v) is 7.69. The molecule has 1 aliphatic heterocycles. The average molecular weight is 289 g/mol. The summed E-state index contributed by atoms with van der Waals surface area (Å²) in [6.07, 6.45) is 0.322. The second kappa shape index (κ2) is 5.98. The third-order valence-electron chi connectivity index (χ3n) is 4.41. The number of hydrogen-bond acceptors (Lipinski definition) is 2. The van der Waals surface area contributed by atoms with Crippen LogP contribution < -0.4 is 9.80 Å². The largest absolute Gasteiger partial charge is 0.325 e. The van der Waals surface area contributed by atoms with E-state index in [2.05, 4.69) is 13.8 Å². The fraction of sp³-hybridized carbons (Fsp3) is 0.529. The zero-order valence-corrected chi connectivity index (χ0v) is 13.6. The number of nitrogens with zero attached hydrogens (tertiary/aromatic N) is 1. The van der Waals surface area contributed by atoms with Crippen LogP contribution in [0.5, 0.6) is 0 Å². The first kappa shape index (κ1) is 15.7. The Balaban J connectivity index is 2.42. The maximum Gasteiger partial charge on any atom is 0.292 e. The van der Waals surface area contributed by atoms with Gasteiger partial charge in [-0.05, 0) is 45.7 Å². The van der Waals surface area contributed by atoms with Crippen molar-refractivity contribution in [2.24, 2.45) is 0 Å². The second-order valence-corrected chi connectivity index (χ2v) is 5.94. The van der Waals surface area contributed by atoms with Gasteiger partial charge in [0.2, 0.25) is 5.91 Å². The van der Waals surface area contributed by atoms with Gasteiger partial charge in [0.05, 0.1) is 25.2 Å². The normalized spacial score (nSPS) is 19.0. The van der Waals surface area contributed by atoms with Gasteiger partial charge in [0.25, 0.3) is 5.91 Å². The molecule has 0 unspecified atom stereocenters. The van der Waals surface area contributed by atoms with Crippen LogP contribution in [0.3, 0.4) is 0 Å². The van der Waals surface area contributed by atoms with Gasteiger partial charge < -0.3 is 4.90 Å². The molecule has 1 fully saturated rings. The lowest BCUT2D eigenvalue weighted by Crippen LogP contribution is -3.16. The third kappa shape index (κ3) is 2.72. The highest BCUT2D eigenvalue weighted by molar-refractivity contribution is 6.22. The first-order valence-electron chi connectivity index (χ1n) is 7.69. The standard InChI is InChI=1S/C17H24N2O2/c1-6-18(7-2)14-10-15(20)19(17(14)21)16-12(4)8-11(3)9-13(16)5/h8-9,14H,6-7,10H2,1-5H3/p+1/t14-/m1/s1. The number of benzene rings is 1. The lowest BCUT2D eigenvalue weighted by atomic mass is 10.0. The number of imide groups is 1. The van der Waals surface area contributed by atoms with Crippen molar-refractivity contribution in [1.82, 2.24) is 0 Å². The Kier molecular flexibility index (Phi) is 4.47. The molecule has 4 nitrogen and oxygen atoms in total. The van der Waals surface area contributed by atoms with Crippen molar-refractivity contribution in [2.45, 2.75) is 47.1 Å². The topological polar surface area (TPSA) is 41.8 Å². The average Bonchev–Trinajstić information content (AvgIpc) is 2.68. The third-order valence-corrected chi connectivity index (χ3v) is 4.41. The zero-order valence-electron chi connectivity index (χ0n) is 13.6. The van der Waals surface area contributed by atoms with Gasteiger partial charge in [0, 0.05) is 0 Å². The van der Waals surface area contributed by atoms with Crippen molar-refractivity contribution in [3.05, 3.63) is 28.8 Å². The maximum atomic E-state index is 12.7. The van der Waals surface area contributed by atoms with E-state index in [9.17, 15) is 9.59 Å². The molecule has 2 rings (SSSR count). The fourth-order valence-corrected chi connectivity index (χ4v) is 3.45. The van der Waals surface area contributed by atoms with E-state index in [0.717, 1.165) is 35.5 Å². The number of amides is 2. The number of likely N-dealkylation sites (N-methyl/N-ethyl adjacent to an activating group) is 1. The molecule has 1 aliphatic rings. The quantitative estimate of drug-likeness (QED) is 0.846. The summed E-state index contributed by atoms with van der Waals surface area (Å²) in [5.74, 6) is -0.117. The smallest absolute Gasteiger partial charge is 0.292 e. The highest BCUT2D eigenvalue weighted by atomic mass is 16.2. The predicted molar refractivity (Wildman–Crippen MR) is 83.6 cm³/mol. The van der Waals surface area contributed by atoms with Crippen molar-refractivity contribution < 1.29 is 14.5 Å². The molecule has 21 heavy (non-hydrogen) atoms. The van der Waals surface area contributed by atoms with Gasteiger partial charge in [-0.25, -0.2) is 4.90 Å². The number of nitrogens with one attached hydrogen (secondary N) is 1. The molecule has 1 aromatic rings. The molecule has 2 amide bonds. The molecule has 4 heteroatoms. The maximum absolute atomic E-state index is 12.7. The molecule has 1 N–H and O–H groups in total. The van der Waals surface area contributed by atoms with E-state index >= 15 is 0 Å². The number of hydrogen-bond donors (Lipinski definition) is 1. The fourth-order valence-electron chi connectivity index (χ4n) is 3.45. The molecule has 114 valence electrons. The van der Waals surface area contributed by atoms with Crippen molar-refractivity contribution in [3.63, 3.8) is 0 Å². The van der Waals surface area contributed by atoms with Crippen LogP contribution in [-0.4, -0.2) is 30.9 Å². The van der Waals surface area contributed by atoms with Crippen LogP contribution in [0.4, 0.5) is 5.69 Å². The molecule has 0 bridgehead atoms. The Bertz CT molecular complexity index is 553. The van der Waals surface area contributed by atoms with Crippen LogP contribution in [0.2, 0.25) is 0 Å². The number of carbonyl (C=O) groups is 2. The van der Waals surface area contributed by atoms with Gasteiger partial charge in [0.15, 0.2) is 6.04 Å². The summed E-state index contributed by atoms with van der Waals surface area (Å²) in [7, 11) is 0. The molecule has 1 heterocycles. The molecular weight excluding hydrogens is 264 g/mol. The second-order valence-electron chi connectivity index (χ2n) is 5.94. The molecule has 0 aliphatic carbocycles. The summed E-state index contributed by atoms with van der Waals surface area (Å²) in [6.45, 7) is 11.8. The van der Waals surface area contributed by atoms with Crippen molar-refractivity contribution in [1.29, 1.82) is 0 Å². The minimum atomic E-state index is -0.229. The number of carbonyl (C=O) groups excluding carboxylic acids is 2. The Morgan fingerprint density at radius 1 is 1.10 bits per heavy atom. The zero-order chi connectivity index (χ0) is 15.7. The van der Waals surface area contributed by atoms with Gasteiger partial charge in [-0.15, -0.1) is 0 Å². The van der Waals surface area contributed by atoms with Crippen LogP contribution >= 0.6 is 0 Å². The van der Waals surface area contributed by atoms with Crippen LogP contribution in [-0.2, 0) is 9.59 Å². The summed E-state index contributed by atoms with van der Waals surface area (Å²) in [6, 6.07) is 3.83. The Morgan fingerprint density at radius 3 is 2.10 bits per heavy atom. The summed E-state index contributed by atoms with van der Waals surface area (Å²) in [5, 5.41) is 0. The van der Waals surface area contributed by atoms with E-state index in [1.807, 2.05) is 32.9 Å². The lowest BCUT2D eigenvalue weighted by molar-refractivity contribution is -0.911. The Labute approximate surface area is 126 Å². The first-order chi connectivity index (χ1) is 9.90. The molecule has 0 aromatic heterocycles. The molecule has 1 saturated heterocycles. The van der Waals surface area contributed by atoms with E-state index in [4.69, 9.17) is 0 Å². The van der Waals surface area contributed by atoms with Gasteiger partial charge in [-0.2, -0.15) is 0 Å².